The van der Waals surface area contributed by atoms with Crippen LogP contribution in [0.3, 0.4) is 0 Å². The predicted octanol–water partition coefficient (Wildman–Crippen LogP) is 20.9. The Kier molecular flexibility index (Phi) is 61.3. The van der Waals surface area contributed by atoms with Gasteiger partial charge in [0, 0.05) is 25.7 Å². The summed E-state index contributed by atoms with van der Waals surface area (Å²) in [5, 5.41) is 10.6. The van der Waals surface area contributed by atoms with Crippen molar-refractivity contribution >= 4 is 39.5 Å². The molecule has 0 aromatic carbocycles. The quantitative estimate of drug-likeness (QED) is 0.0222. The van der Waals surface area contributed by atoms with Gasteiger partial charge in [0.1, 0.15) is 19.3 Å². The highest BCUT2D eigenvalue weighted by atomic mass is 31.2. The van der Waals surface area contributed by atoms with E-state index in [9.17, 15) is 43.2 Å². The molecular formula is C73H142O17P2. The number of rotatable bonds is 70. The lowest BCUT2D eigenvalue weighted by Gasteiger charge is -2.21. The molecule has 0 rings (SSSR count). The summed E-state index contributed by atoms with van der Waals surface area (Å²) in [5.41, 5.74) is 0. The SMILES string of the molecule is CCC(C)CCCCCCCCCCCCC(=O)O[C@H](COC(=O)CCCCCCCCCC(C)C)COP(=O)(O)OCC(O)COP(=O)(O)OC[C@@H](COC(=O)CCCCCCCCCCCCCCCC(C)C)OC(=O)CCCCCCCCCCCC(C)C. The van der Waals surface area contributed by atoms with Crippen LogP contribution < -0.4 is 0 Å². The summed E-state index contributed by atoms with van der Waals surface area (Å²) in [4.78, 5) is 72.7. The molecule has 3 N–H and O–H groups in total. The summed E-state index contributed by atoms with van der Waals surface area (Å²) in [6.45, 7) is 14.1. The lowest BCUT2D eigenvalue weighted by atomic mass is 9.99. The Labute approximate surface area is 562 Å². The molecule has 0 aliphatic heterocycles. The molecule has 0 saturated heterocycles. The highest BCUT2D eigenvalue weighted by molar-refractivity contribution is 7.47. The Morgan fingerprint density at radius 2 is 0.522 bits per heavy atom. The summed E-state index contributed by atoms with van der Waals surface area (Å²) in [6, 6.07) is 0. The van der Waals surface area contributed by atoms with Gasteiger partial charge < -0.3 is 33.8 Å². The molecule has 0 saturated carbocycles. The number of ether oxygens (including phenoxy) is 4. The largest absolute Gasteiger partial charge is 0.472 e. The zero-order chi connectivity index (χ0) is 68.2. The van der Waals surface area contributed by atoms with Gasteiger partial charge in [0.05, 0.1) is 26.4 Å². The van der Waals surface area contributed by atoms with Crippen molar-refractivity contribution in [1.82, 2.24) is 0 Å². The van der Waals surface area contributed by atoms with Crippen molar-refractivity contribution in [2.75, 3.05) is 39.6 Å². The van der Waals surface area contributed by atoms with Crippen molar-refractivity contribution < 1.29 is 80.2 Å². The van der Waals surface area contributed by atoms with Crippen LogP contribution in [0.25, 0.3) is 0 Å². The number of esters is 4. The minimum absolute atomic E-state index is 0.105. The third-order valence-electron chi connectivity index (χ3n) is 17.2. The van der Waals surface area contributed by atoms with Gasteiger partial charge in [0.25, 0.3) is 0 Å². The molecule has 0 amide bonds. The van der Waals surface area contributed by atoms with Gasteiger partial charge in [0.15, 0.2) is 12.2 Å². The highest BCUT2D eigenvalue weighted by Crippen LogP contribution is 2.45. The normalized spacial score (nSPS) is 14.5. The lowest BCUT2D eigenvalue weighted by Crippen LogP contribution is -2.30. The van der Waals surface area contributed by atoms with Gasteiger partial charge >= 0.3 is 39.5 Å². The maximum atomic E-state index is 13.0. The molecule has 0 heterocycles. The van der Waals surface area contributed by atoms with E-state index in [4.69, 9.17) is 37.0 Å². The van der Waals surface area contributed by atoms with E-state index in [-0.39, 0.29) is 25.7 Å². The first-order chi connectivity index (χ1) is 44.1. The summed E-state index contributed by atoms with van der Waals surface area (Å²) < 4.78 is 68.4. The maximum absolute atomic E-state index is 13.0. The second kappa shape index (κ2) is 62.6. The van der Waals surface area contributed by atoms with E-state index in [1.165, 1.54) is 161 Å². The number of hydrogen-bond donors (Lipinski definition) is 3. The van der Waals surface area contributed by atoms with Crippen LogP contribution in [0.4, 0.5) is 0 Å². The van der Waals surface area contributed by atoms with Crippen molar-refractivity contribution in [2.45, 2.75) is 382 Å². The average Bonchev–Trinajstić information content (AvgIpc) is 3.71. The third-order valence-corrected chi connectivity index (χ3v) is 19.1. The number of phosphoric ester groups is 2. The monoisotopic (exact) mass is 1350 g/mol. The molecule has 546 valence electrons. The van der Waals surface area contributed by atoms with E-state index in [2.05, 4.69) is 55.4 Å². The molecule has 0 aromatic heterocycles. The Bertz CT molecular complexity index is 1820. The first-order valence-electron chi connectivity index (χ1n) is 37.7. The highest BCUT2D eigenvalue weighted by Gasteiger charge is 2.30. The molecule has 0 aliphatic rings. The van der Waals surface area contributed by atoms with Crippen LogP contribution in [-0.2, 0) is 65.4 Å². The van der Waals surface area contributed by atoms with E-state index in [1.807, 2.05) is 0 Å². The minimum Gasteiger partial charge on any atom is -0.462 e. The van der Waals surface area contributed by atoms with Gasteiger partial charge in [-0.1, -0.05) is 312 Å². The number of carbonyl (C=O) groups excluding carboxylic acids is 4. The van der Waals surface area contributed by atoms with Gasteiger partial charge in [-0.2, -0.15) is 0 Å². The lowest BCUT2D eigenvalue weighted by molar-refractivity contribution is -0.161. The zero-order valence-corrected chi connectivity index (χ0v) is 62.0. The van der Waals surface area contributed by atoms with Crippen LogP contribution in [0.15, 0.2) is 0 Å². The molecule has 17 nitrogen and oxygen atoms in total. The number of aliphatic hydroxyl groups is 1. The fourth-order valence-corrected chi connectivity index (χ4v) is 12.6. The minimum atomic E-state index is -4.95. The number of phosphoric acid groups is 2. The van der Waals surface area contributed by atoms with Crippen molar-refractivity contribution in [1.29, 1.82) is 0 Å². The Morgan fingerprint density at radius 3 is 0.772 bits per heavy atom. The standard InChI is InChI=1S/C73H142O17P2/c1-9-66(8)52-44-36-28-20-15-16-22-30-39-47-55-72(77)89-69(60-84-71(76)54-46-38-32-24-27-35-43-51-65(6)7)62-88-92(81,82)86-58-67(74)57-85-91(79,80)87-61-68(90-73(78)56-48-40-31-23-17-19-26-34-42-50-64(4)5)59-83-70(75)53-45-37-29-21-14-12-10-11-13-18-25-33-41-49-63(2)3/h63-69,74H,9-62H2,1-8H3,(H,79,80)(H,81,82)/t66?,67?,68-,69-/m1/s1. The zero-order valence-electron chi connectivity index (χ0n) is 60.2. The van der Waals surface area contributed by atoms with Gasteiger partial charge in [-0.15, -0.1) is 0 Å². The number of carbonyl (C=O) groups is 4. The number of unbranched alkanes of at least 4 members (excludes halogenated alkanes) is 35. The maximum Gasteiger partial charge on any atom is 0.472 e. The van der Waals surface area contributed by atoms with Crippen LogP contribution in [0.2, 0.25) is 0 Å². The van der Waals surface area contributed by atoms with Crippen molar-refractivity contribution in [3.05, 3.63) is 0 Å². The molecule has 19 heteroatoms. The van der Waals surface area contributed by atoms with Crippen LogP contribution in [-0.4, -0.2) is 96.7 Å². The molecule has 0 bridgehead atoms. The Balaban J connectivity index is 5.25. The van der Waals surface area contributed by atoms with Crippen molar-refractivity contribution in [2.24, 2.45) is 23.7 Å². The van der Waals surface area contributed by atoms with Crippen LogP contribution in [0, 0.1) is 23.7 Å². The van der Waals surface area contributed by atoms with Crippen molar-refractivity contribution in [3.63, 3.8) is 0 Å². The number of aliphatic hydroxyl groups excluding tert-OH is 1. The average molecular weight is 1350 g/mol. The molecule has 0 fully saturated rings. The summed E-state index contributed by atoms with van der Waals surface area (Å²) in [6.07, 6.45) is 45.8. The second-order valence-corrected chi connectivity index (χ2v) is 30.9. The van der Waals surface area contributed by atoms with E-state index in [0.29, 0.717) is 31.6 Å². The van der Waals surface area contributed by atoms with E-state index >= 15 is 0 Å². The molecule has 0 aliphatic carbocycles. The molecular weight excluding hydrogens is 1210 g/mol. The van der Waals surface area contributed by atoms with E-state index in [0.717, 1.165) is 114 Å². The van der Waals surface area contributed by atoms with Crippen LogP contribution in [0.1, 0.15) is 364 Å². The van der Waals surface area contributed by atoms with E-state index in [1.54, 1.807) is 0 Å². The summed E-state index contributed by atoms with van der Waals surface area (Å²) in [7, 11) is -9.91. The fraction of sp³-hybridized carbons (Fsp3) is 0.945. The summed E-state index contributed by atoms with van der Waals surface area (Å²) >= 11 is 0. The molecule has 0 radical (unpaired) electrons. The Morgan fingerprint density at radius 1 is 0.304 bits per heavy atom. The third kappa shape index (κ3) is 65.4. The summed E-state index contributed by atoms with van der Waals surface area (Å²) in [5.74, 6) is 0.910. The van der Waals surface area contributed by atoms with Crippen molar-refractivity contribution in [3.8, 4) is 0 Å². The topological polar surface area (TPSA) is 237 Å². The smallest absolute Gasteiger partial charge is 0.462 e. The molecule has 92 heavy (non-hydrogen) atoms. The first-order valence-corrected chi connectivity index (χ1v) is 40.7. The molecule has 0 spiro atoms. The Hall–Kier alpha value is -1.94. The molecule has 6 atom stereocenters. The molecule has 4 unspecified atom stereocenters. The molecule has 0 aromatic rings. The van der Waals surface area contributed by atoms with E-state index < -0.39 is 97.5 Å². The number of hydrogen-bond acceptors (Lipinski definition) is 15. The van der Waals surface area contributed by atoms with Crippen LogP contribution >= 0.6 is 15.6 Å². The van der Waals surface area contributed by atoms with Gasteiger partial charge in [-0.25, -0.2) is 9.13 Å². The van der Waals surface area contributed by atoms with Crippen LogP contribution in [0.5, 0.6) is 0 Å². The predicted molar refractivity (Wildman–Crippen MR) is 372 cm³/mol. The second-order valence-electron chi connectivity index (χ2n) is 28.0. The van der Waals surface area contributed by atoms with Gasteiger partial charge in [0.2, 0.25) is 0 Å². The van der Waals surface area contributed by atoms with Gasteiger partial charge in [-0.3, -0.25) is 37.3 Å². The first kappa shape index (κ1) is 90.1. The van der Waals surface area contributed by atoms with Gasteiger partial charge in [-0.05, 0) is 49.4 Å². The fourth-order valence-electron chi connectivity index (χ4n) is 11.0.